The van der Waals surface area contributed by atoms with Gasteiger partial charge in [-0.3, -0.25) is 9.69 Å². The number of hydrogen-bond acceptors (Lipinski definition) is 3. The molecule has 28 heavy (non-hydrogen) atoms. The van der Waals surface area contributed by atoms with Crippen molar-refractivity contribution in [3.63, 3.8) is 0 Å². The van der Waals surface area contributed by atoms with Gasteiger partial charge in [0.1, 0.15) is 5.75 Å². The van der Waals surface area contributed by atoms with Gasteiger partial charge in [0.25, 0.3) is 5.91 Å². The van der Waals surface area contributed by atoms with Crippen molar-refractivity contribution < 1.29 is 14.3 Å². The van der Waals surface area contributed by atoms with E-state index in [-0.39, 0.29) is 11.9 Å². The molecule has 0 aliphatic carbocycles. The zero-order valence-electron chi connectivity index (χ0n) is 16.0. The number of urea groups is 1. The second kappa shape index (κ2) is 7.38. The molecular formula is C22H23N3O3. The summed E-state index contributed by atoms with van der Waals surface area (Å²) < 4.78 is 5.49. The third-order valence-corrected chi connectivity index (χ3v) is 5.18. The van der Waals surface area contributed by atoms with Crippen molar-refractivity contribution in [3.05, 3.63) is 77.0 Å². The maximum absolute atomic E-state index is 13.2. The van der Waals surface area contributed by atoms with Crippen molar-refractivity contribution in [1.29, 1.82) is 0 Å². The zero-order valence-corrected chi connectivity index (χ0v) is 16.0. The van der Waals surface area contributed by atoms with Crippen molar-refractivity contribution in [2.24, 2.45) is 0 Å². The van der Waals surface area contributed by atoms with E-state index in [9.17, 15) is 9.59 Å². The summed E-state index contributed by atoms with van der Waals surface area (Å²) in [6, 6.07) is 16.8. The third kappa shape index (κ3) is 3.22. The topological polar surface area (TPSA) is 61.9 Å². The normalized spacial score (nSPS) is 19.0. The van der Waals surface area contributed by atoms with Crippen LogP contribution < -0.4 is 10.1 Å². The predicted molar refractivity (Wildman–Crippen MR) is 106 cm³/mol. The van der Waals surface area contributed by atoms with Gasteiger partial charge in [0.05, 0.1) is 30.5 Å². The van der Waals surface area contributed by atoms with Crippen LogP contribution in [0.3, 0.4) is 0 Å². The molecule has 2 aliphatic heterocycles. The summed E-state index contributed by atoms with van der Waals surface area (Å²) >= 11 is 0. The number of rotatable bonds is 5. The summed E-state index contributed by atoms with van der Waals surface area (Å²) in [5.74, 6) is 0.729. The molecule has 0 fully saturated rings. The Labute approximate surface area is 164 Å². The van der Waals surface area contributed by atoms with Crippen LogP contribution in [0.4, 0.5) is 4.79 Å². The lowest BCUT2D eigenvalue weighted by molar-refractivity contribution is -0.126. The van der Waals surface area contributed by atoms with Gasteiger partial charge < -0.3 is 15.0 Å². The maximum Gasteiger partial charge on any atom is 0.322 e. The van der Waals surface area contributed by atoms with Crippen LogP contribution in [0.25, 0.3) is 0 Å². The average molecular weight is 377 g/mol. The Morgan fingerprint density at radius 2 is 1.79 bits per heavy atom. The molecular weight excluding hydrogens is 354 g/mol. The molecule has 0 aromatic heterocycles. The van der Waals surface area contributed by atoms with Crippen LogP contribution in [0.5, 0.6) is 5.75 Å². The highest BCUT2D eigenvalue weighted by Gasteiger charge is 2.42. The van der Waals surface area contributed by atoms with Gasteiger partial charge in [-0.25, -0.2) is 4.79 Å². The molecule has 2 aromatic carbocycles. The van der Waals surface area contributed by atoms with Crippen LogP contribution >= 0.6 is 0 Å². The van der Waals surface area contributed by atoms with E-state index in [0.717, 1.165) is 22.6 Å². The number of hydrogen-bond donors (Lipinski definition) is 1. The molecule has 6 nitrogen and oxygen atoms in total. The molecule has 3 amide bonds. The van der Waals surface area contributed by atoms with Crippen molar-refractivity contribution >= 4 is 11.9 Å². The van der Waals surface area contributed by atoms with E-state index in [1.54, 1.807) is 16.8 Å². The Hall–Kier alpha value is -3.28. The number of nitrogens with zero attached hydrogens (tertiary/aromatic N) is 2. The number of carbonyl (C=O) groups is 2. The first-order chi connectivity index (χ1) is 13.6. The number of carbonyl (C=O) groups excluding carboxylic acids is 2. The van der Waals surface area contributed by atoms with Crippen LogP contribution in [0.2, 0.25) is 0 Å². The summed E-state index contributed by atoms with van der Waals surface area (Å²) in [5, 5.41) is 2.96. The molecule has 0 unspecified atom stereocenters. The van der Waals surface area contributed by atoms with Gasteiger partial charge in [-0.2, -0.15) is 0 Å². The predicted octanol–water partition coefficient (Wildman–Crippen LogP) is 3.08. The van der Waals surface area contributed by atoms with E-state index >= 15 is 0 Å². The number of likely N-dealkylation sites (N-methyl/N-ethyl adjacent to an activating group) is 1. The number of ether oxygens (including phenoxy) is 1. The minimum Gasteiger partial charge on any atom is -0.494 e. The van der Waals surface area contributed by atoms with Crippen LogP contribution in [0.1, 0.15) is 24.1 Å². The molecule has 1 N–H and O–H groups in total. The molecule has 0 saturated carbocycles. The minimum absolute atomic E-state index is 0.0374. The minimum atomic E-state index is -0.456. The van der Waals surface area contributed by atoms with Gasteiger partial charge in [-0.05, 0) is 30.2 Å². The second-order valence-electron chi connectivity index (χ2n) is 6.95. The van der Waals surface area contributed by atoms with Gasteiger partial charge >= 0.3 is 6.03 Å². The summed E-state index contributed by atoms with van der Waals surface area (Å²) in [6.45, 7) is 3.47. The highest BCUT2D eigenvalue weighted by Crippen LogP contribution is 2.36. The fourth-order valence-electron chi connectivity index (χ4n) is 3.73. The number of amides is 3. The third-order valence-electron chi connectivity index (χ3n) is 5.18. The van der Waals surface area contributed by atoms with E-state index in [0.29, 0.717) is 25.3 Å². The summed E-state index contributed by atoms with van der Waals surface area (Å²) in [5.41, 5.74) is 3.34. The first kappa shape index (κ1) is 18.1. The van der Waals surface area contributed by atoms with Gasteiger partial charge in [0.15, 0.2) is 0 Å². The first-order valence-corrected chi connectivity index (χ1v) is 9.41. The Balaban J connectivity index is 1.63. The van der Waals surface area contributed by atoms with E-state index in [1.165, 1.54) is 0 Å². The molecule has 0 bridgehead atoms. The molecule has 0 spiro atoms. The van der Waals surface area contributed by atoms with E-state index < -0.39 is 6.04 Å². The van der Waals surface area contributed by atoms with Gasteiger partial charge in [-0.1, -0.05) is 42.5 Å². The summed E-state index contributed by atoms with van der Waals surface area (Å²) in [6.07, 6.45) is 0. The molecule has 6 heteroatoms. The molecule has 0 saturated heterocycles. The van der Waals surface area contributed by atoms with Crippen LogP contribution in [0.15, 0.2) is 65.9 Å². The Kier molecular flexibility index (Phi) is 4.77. The van der Waals surface area contributed by atoms with Crippen molar-refractivity contribution in [1.82, 2.24) is 15.1 Å². The molecule has 0 radical (unpaired) electrons. The van der Waals surface area contributed by atoms with Gasteiger partial charge in [0, 0.05) is 13.6 Å². The highest BCUT2D eigenvalue weighted by atomic mass is 16.5. The van der Waals surface area contributed by atoms with Crippen molar-refractivity contribution in [2.45, 2.75) is 19.5 Å². The quantitative estimate of drug-likeness (QED) is 0.871. The zero-order chi connectivity index (χ0) is 19.7. The second-order valence-corrected chi connectivity index (χ2v) is 6.95. The molecule has 2 aliphatic rings. The smallest absolute Gasteiger partial charge is 0.322 e. The Morgan fingerprint density at radius 1 is 1.07 bits per heavy atom. The summed E-state index contributed by atoms with van der Waals surface area (Å²) in [4.78, 5) is 29.0. The Bertz CT molecular complexity index is 922. The number of benzene rings is 2. The molecule has 2 aromatic rings. The lowest BCUT2D eigenvalue weighted by Gasteiger charge is -2.31. The summed E-state index contributed by atoms with van der Waals surface area (Å²) in [7, 11) is 1.71. The first-order valence-electron chi connectivity index (χ1n) is 9.41. The average Bonchev–Trinajstić information content (AvgIpc) is 3.03. The fraction of sp³-hybridized carbons (Fsp3) is 0.273. The van der Waals surface area contributed by atoms with Crippen LogP contribution in [-0.4, -0.2) is 41.9 Å². The maximum atomic E-state index is 13.2. The molecule has 2 heterocycles. The molecule has 4 rings (SSSR count). The van der Waals surface area contributed by atoms with Gasteiger partial charge in [-0.15, -0.1) is 0 Å². The van der Waals surface area contributed by atoms with Crippen LogP contribution in [-0.2, 0) is 11.3 Å². The lowest BCUT2D eigenvalue weighted by Crippen LogP contribution is -2.45. The van der Waals surface area contributed by atoms with Crippen molar-refractivity contribution in [2.75, 3.05) is 20.2 Å². The van der Waals surface area contributed by atoms with Crippen molar-refractivity contribution in [3.8, 4) is 5.75 Å². The number of nitrogens with one attached hydrogen (secondary N) is 1. The fourth-order valence-corrected chi connectivity index (χ4v) is 3.73. The highest BCUT2D eigenvalue weighted by molar-refractivity contribution is 6.01. The largest absolute Gasteiger partial charge is 0.494 e. The van der Waals surface area contributed by atoms with E-state index in [1.807, 2.05) is 61.5 Å². The Morgan fingerprint density at radius 3 is 2.46 bits per heavy atom. The SMILES string of the molecule is CCOc1ccc([C@@H]2NC(=O)N(C)C3=C2C(=O)N(Cc2ccccc2)C3)cc1. The molecule has 144 valence electrons. The lowest BCUT2D eigenvalue weighted by atomic mass is 9.95. The van der Waals surface area contributed by atoms with E-state index in [4.69, 9.17) is 4.74 Å². The standard InChI is InChI=1S/C22H23N3O3/c1-3-28-17-11-9-16(10-12-17)20-19-18(24(2)22(27)23-20)14-25(21(19)26)13-15-7-5-4-6-8-15/h4-12,20H,3,13-14H2,1-2H3,(H,23,27)/t20-/m0/s1. The molecule has 1 atom stereocenters. The monoisotopic (exact) mass is 377 g/mol. The van der Waals surface area contributed by atoms with Crippen LogP contribution in [0, 0.1) is 0 Å². The van der Waals surface area contributed by atoms with E-state index in [2.05, 4.69) is 5.32 Å². The van der Waals surface area contributed by atoms with Gasteiger partial charge in [0.2, 0.25) is 0 Å².